The van der Waals surface area contributed by atoms with Crippen molar-refractivity contribution in [3.05, 3.63) is 101 Å². The standard InChI is InChI=1S/C23H19FN2O4/c1-25-23(29)26-22(28)21(17-5-3-2-4-6-17)30-19-13-9-16(10-14-19)20(27)15-7-11-18(24)12-8-15/h2-14,21H,1H3,(H2,25,26,28,29)/t21-/m0/s1. The fourth-order valence-corrected chi connectivity index (χ4v) is 2.73. The molecule has 152 valence electrons. The molecule has 3 aromatic carbocycles. The second-order valence-electron chi connectivity index (χ2n) is 6.34. The third-order valence-electron chi connectivity index (χ3n) is 4.28. The Bertz CT molecular complexity index is 1040. The van der Waals surface area contributed by atoms with Crippen molar-refractivity contribution < 1.29 is 23.5 Å². The van der Waals surface area contributed by atoms with Crippen molar-refractivity contribution in [1.29, 1.82) is 0 Å². The van der Waals surface area contributed by atoms with Crippen molar-refractivity contribution >= 4 is 17.7 Å². The molecule has 0 fully saturated rings. The van der Waals surface area contributed by atoms with E-state index in [2.05, 4.69) is 10.6 Å². The van der Waals surface area contributed by atoms with Gasteiger partial charge in [-0.2, -0.15) is 0 Å². The molecule has 0 radical (unpaired) electrons. The highest BCUT2D eigenvalue weighted by Gasteiger charge is 2.24. The molecule has 2 N–H and O–H groups in total. The number of ketones is 1. The summed E-state index contributed by atoms with van der Waals surface area (Å²) in [7, 11) is 1.40. The van der Waals surface area contributed by atoms with Gasteiger partial charge in [0.25, 0.3) is 5.91 Å². The van der Waals surface area contributed by atoms with Crippen molar-refractivity contribution in [1.82, 2.24) is 10.6 Å². The maximum Gasteiger partial charge on any atom is 0.321 e. The lowest BCUT2D eigenvalue weighted by atomic mass is 10.0. The second kappa shape index (κ2) is 9.47. The van der Waals surface area contributed by atoms with Crippen molar-refractivity contribution in [3.8, 4) is 5.75 Å². The molecule has 0 aliphatic heterocycles. The Balaban J connectivity index is 1.79. The topological polar surface area (TPSA) is 84.5 Å². The average Bonchev–Trinajstić information content (AvgIpc) is 2.78. The zero-order valence-electron chi connectivity index (χ0n) is 16.1. The maximum absolute atomic E-state index is 13.0. The van der Waals surface area contributed by atoms with E-state index in [0.717, 1.165) is 0 Å². The molecule has 7 heteroatoms. The first kappa shape index (κ1) is 20.7. The van der Waals surface area contributed by atoms with E-state index in [1.165, 1.54) is 31.3 Å². The zero-order valence-corrected chi connectivity index (χ0v) is 16.1. The van der Waals surface area contributed by atoms with E-state index in [1.807, 2.05) is 0 Å². The van der Waals surface area contributed by atoms with Gasteiger partial charge in [0.15, 0.2) is 5.78 Å². The summed E-state index contributed by atoms with van der Waals surface area (Å²) in [4.78, 5) is 36.6. The molecule has 0 spiro atoms. The molecule has 6 nitrogen and oxygen atoms in total. The lowest BCUT2D eigenvalue weighted by Gasteiger charge is -2.19. The van der Waals surface area contributed by atoms with Crippen LogP contribution in [0.15, 0.2) is 78.9 Å². The smallest absolute Gasteiger partial charge is 0.321 e. The highest BCUT2D eigenvalue weighted by Crippen LogP contribution is 2.23. The molecular formula is C23H19FN2O4. The molecule has 0 unspecified atom stereocenters. The van der Waals surface area contributed by atoms with Crippen molar-refractivity contribution in [2.75, 3.05) is 7.05 Å². The van der Waals surface area contributed by atoms with E-state index < -0.39 is 23.9 Å². The van der Waals surface area contributed by atoms with Crippen LogP contribution in [-0.2, 0) is 4.79 Å². The van der Waals surface area contributed by atoms with Gasteiger partial charge in [-0.1, -0.05) is 30.3 Å². The summed E-state index contributed by atoms with van der Waals surface area (Å²) in [6.07, 6.45) is -1.07. The molecule has 3 amide bonds. The van der Waals surface area contributed by atoms with Gasteiger partial charge in [-0.25, -0.2) is 9.18 Å². The van der Waals surface area contributed by atoms with E-state index in [1.54, 1.807) is 54.6 Å². The summed E-state index contributed by atoms with van der Waals surface area (Å²) in [6.45, 7) is 0. The minimum absolute atomic E-state index is 0.265. The summed E-state index contributed by atoms with van der Waals surface area (Å²) in [6, 6.07) is 19.6. The Labute approximate surface area is 172 Å². The third-order valence-corrected chi connectivity index (χ3v) is 4.28. The SMILES string of the molecule is CNC(=O)NC(=O)[C@@H](Oc1ccc(C(=O)c2ccc(F)cc2)cc1)c1ccccc1. The minimum atomic E-state index is -1.07. The van der Waals surface area contributed by atoms with Gasteiger partial charge in [0.2, 0.25) is 6.10 Å². The summed E-state index contributed by atoms with van der Waals surface area (Å²) in [5, 5.41) is 4.52. The molecule has 0 aromatic heterocycles. The summed E-state index contributed by atoms with van der Waals surface area (Å²) < 4.78 is 18.9. The molecule has 0 saturated carbocycles. The van der Waals surface area contributed by atoms with Crippen LogP contribution >= 0.6 is 0 Å². The number of nitrogens with one attached hydrogen (secondary N) is 2. The number of halogens is 1. The first-order valence-corrected chi connectivity index (χ1v) is 9.12. The second-order valence-corrected chi connectivity index (χ2v) is 6.34. The Morgan fingerprint density at radius 1 is 0.833 bits per heavy atom. The maximum atomic E-state index is 13.0. The van der Waals surface area contributed by atoms with E-state index >= 15 is 0 Å². The van der Waals surface area contributed by atoms with Crippen LogP contribution in [0, 0.1) is 5.82 Å². The molecule has 30 heavy (non-hydrogen) atoms. The van der Waals surface area contributed by atoms with Gasteiger partial charge in [-0.15, -0.1) is 0 Å². The number of hydrogen-bond donors (Lipinski definition) is 2. The first-order valence-electron chi connectivity index (χ1n) is 9.12. The fraction of sp³-hybridized carbons (Fsp3) is 0.0870. The van der Waals surface area contributed by atoms with Crippen molar-refractivity contribution in [2.45, 2.75) is 6.10 Å². The summed E-state index contributed by atoms with van der Waals surface area (Å²) >= 11 is 0. The molecule has 0 aliphatic rings. The van der Waals surface area contributed by atoms with E-state index in [4.69, 9.17) is 4.74 Å². The van der Waals surface area contributed by atoms with Gasteiger partial charge in [0, 0.05) is 23.7 Å². The minimum Gasteiger partial charge on any atom is -0.476 e. The number of carbonyl (C=O) groups excluding carboxylic acids is 3. The van der Waals surface area contributed by atoms with Gasteiger partial charge >= 0.3 is 6.03 Å². The largest absolute Gasteiger partial charge is 0.476 e. The number of urea groups is 1. The molecule has 0 saturated heterocycles. The molecule has 0 bridgehead atoms. The molecule has 3 aromatic rings. The van der Waals surface area contributed by atoms with Gasteiger partial charge in [-0.3, -0.25) is 14.9 Å². The average molecular weight is 406 g/mol. The van der Waals surface area contributed by atoms with Crippen LogP contribution < -0.4 is 15.4 Å². The third kappa shape index (κ3) is 5.08. The van der Waals surface area contributed by atoms with E-state index in [0.29, 0.717) is 22.4 Å². The Morgan fingerprint density at radius 3 is 1.97 bits per heavy atom. The van der Waals surface area contributed by atoms with Crippen LogP contribution in [0.4, 0.5) is 9.18 Å². The first-order chi connectivity index (χ1) is 14.5. The van der Waals surface area contributed by atoms with Crippen molar-refractivity contribution in [3.63, 3.8) is 0 Å². The lowest BCUT2D eigenvalue weighted by Crippen LogP contribution is -2.41. The predicted molar refractivity (Wildman–Crippen MR) is 109 cm³/mol. The quantitative estimate of drug-likeness (QED) is 0.613. The number of rotatable bonds is 6. The number of ether oxygens (including phenoxy) is 1. The number of hydrogen-bond acceptors (Lipinski definition) is 4. The highest BCUT2D eigenvalue weighted by molar-refractivity contribution is 6.09. The molecule has 1 atom stereocenters. The monoisotopic (exact) mass is 406 g/mol. The Morgan fingerprint density at radius 2 is 1.40 bits per heavy atom. The van der Waals surface area contributed by atoms with Gasteiger partial charge in [-0.05, 0) is 48.5 Å². The highest BCUT2D eigenvalue weighted by atomic mass is 19.1. The van der Waals surface area contributed by atoms with Crippen molar-refractivity contribution in [2.24, 2.45) is 0 Å². The summed E-state index contributed by atoms with van der Waals surface area (Å²) in [5.41, 5.74) is 1.31. The number of benzene rings is 3. The predicted octanol–water partition coefficient (Wildman–Crippen LogP) is 3.63. The molecular weight excluding hydrogens is 387 g/mol. The van der Waals surface area contributed by atoms with Crippen LogP contribution in [0.3, 0.4) is 0 Å². The molecule has 0 heterocycles. The normalized spacial score (nSPS) is 11.3. The number of carbonyl (C=O) groups is 3. The van der Waals surface area contributed by atoms with Gasteiger partial charge < -0.3 is 10.1 Å². The van der Waals surface area contributed by atoms with E-state index in [9.17, 15) is 18.8 Å². The van der Waals surface area contributed by atoms with Gasteiger partial charge in [0.1, 0.15) is 11.6 Å². The van der Waals surface area contributed by atoms with Crippen LogP contribution in [0.1, 0.15) is 27.6 Å². The lowest BCUT2D eigenvalue weighted by molar-refractivity contribution is -0.127. The Hall–Kier alpha value is -4.00. The molecule has 0 aliphatic carbocycles. The molecule has 3 rings (SSSR count). The van der Waals surface area contributed by atoms with Gasteiger partial charge in [0.05, 0.1) is 0 Å². The summed E-state index contributed by atoms with van der Waals surface area (Å²) in [5.74, 6) is -0.977. The van der Waals surface area contributed by atoms with Crippen LogP contribution in [0.2, 0.25) is 0 Å². The number of amides is 3. The number of imide groups is 1. The van der Waals surface area contributed by atoms with Crippen LogP contribution in [-0.4, -0.2) is 24.8 Å². The van der Waals surface area contributed by atoms with E-state index in [-0.39, 0.29) is 5.78 Å². The Kier molecular flexibility index (Phi) is 6.54. The zero-order chi connectivity index (χ0) is 21.5. The van der Waals surface area contributed by atoms with Crippen LogP contribution in [0.5, 0.6) is 5.75 Å². The van der Waals surface area contributed by atoms with Crippen LogP contribution in [0.25, 0.3) is 0 Å². The fourth-order valence-electron chi connectivity index (χ4n) is 2.73.